The summed E-state index contributed by atoms with van der Waals surface area (Å²) in [5.41, 5.74) is 17.5. The van der Waals surface area contributed by atoms with Gasteiger partial charge in [-0.3, -0.25) is 0 Å². The van der Waals surface area contributed by atoms with Gasteiger partial charge < -0.3 is 18.4 Å². The lowest BCUT2D eigenvalue weighted by atomic mass is 9.99. The third-order valence-corrected chi connectivity index (χ3v) is 13.4. The van der Waals surface area contributed by atoms with Gasteiger partial charge in [-0.2, -0.15) is 0 Å². The third kappa shape index (κ3) is 5.11. The molecule has 0 radical (unpaired) electrons. The molecule has 10 aromatic carbocycles. The molecule has 0 aliphatic carbocycles. The highest BCUT2D eigenvalue weighted by Crippen LogP contribution is 2.47. The highest BCUT2D eigenvalue weighted by atomic mass is 16.5. The second-order valence-electron chi connectivity index (χ2n) is 16.9. The lowest BCUT2D eigenvalue weighted by molar-refractivity contribution is 0.476. The van der Waals surface area contributed by atoms with Gasteiger partial charge in [0.2, 0.25) is 0 Å². The second-order valence-corrected chi connectivity index (χ2v) is 16.9. The maximum absolute atomic E-state index is 6.64. The van der Waals surface area contributed by atoms with Crippen LogP contribution in [0.2, 0.25) is 0 Å². The van der Waals surface area contributed by atoms with Crippen molar-refractivity contribution in [2.24, 2.45) is 0 Å². The number of nitrogens with zero attached hydrogens (tertiary/aromatic N) is 3. The standard InChI is InChI=1S/C60H37N3O/c1-3-13-38(14-4-1)40-25-30-55-49(33-40)50-35-42(41-26-31-54-48(34-41)46-17-7-9-19-52(46)61(54)44-15-5-2-6-16-44)27-32-56(50)62(55)45-28-23-39(24-29-45)43-36-51-47-18-8-10-20-53(47)63-57-21-11-12-22-58(57)64-59(37-43)60(51)63/h1-37H. The van der Waals surface area contributed by atoms with E-state index in [9.17, 15) is 0 Å². The normalized spacial score (nSPS) is 12.2. The Kier molecular flexibility index (Phi) is 7.36. The third-order valence-electron chi connectivity index (χ3n) is 13.4. The van der Waals surface area contributed by atoms with E-state index >= 15 is 0 Å². The molecule has 0 amide bonds. The first kappa shape index (κ1) is 35.0. The van der Waals surface area contributed by atoms with E-state index in [1.54, 1.807) is 0 Å². The van der Waals surface area contributed by atoms with Crippen molar-refractivity contribution in [3.63, 3.8) is 0 Å². The molecular formula is C60H37N3O. The number of aromatic nitrogens is 3. The van der Waals surface area contributed by atoms with Crippen LogP contribution in [0.3, 0.4) is 0 Å². The maximum atomic E-state index is 6.64. The Hall–Kier alpha value is -8.60. The summed E-state index contributed by atoms with van der Waals surface area (Å²) < 4.78 is 13.8. The fourth-order valence-corrected chi connectivity index (χ4v) is 10.5. The van der Waals surface area contributed by atoms with Gasteiger partial charge in [-0.25, -0.2) is 0 Å². The van der Waals surface area contributed by atoms with Gasteiger partial charge in [-0.1, -0.05) is 127 Å². The van der Waals surface area contributed by atoms with Crippen LogP contribution in [0.4, 0.5) is 0 Å². The van der Waals surface area contributed by atoms with Crippen LogP contribution in [-0.2, 0) is 0 Å². The fraction of sp³-hybridized carbons (Fsp3) is 0. The lowest BCUT2D eigenvalue weighted by Crippen LogP contribution is -2.03. The Morgan fingerprint density at radius 1 is 0.250 bits per heavy atom. The van der Waals surface area contributed by atoms with E-state index in [1.807, 2.05) is 6.07 Å². The molecule has 4 nitrogen and oxygen atoms in total. The minimum Gasteiger partial charge on any atom is -0.453 e. The molecule has 4 heterocycles. The number of rotatable bonds is 5. The van der Waals surface area contributed by atoms with E-state index in [0.717, 1.165) is 45.2 Å². The van der Waals surface area contributed by atoms with Gasteiger partial charge in [0.05, 0.1) is 38.8 Å². The van der Waals surface area contributed by atoms with Crippen molar-refractivity contribution in [2.75, 3.05) is 0 Å². The average Bonchev–Trinajstić information content (AvgIpc) is 4.00. The molecule has 0 atom stereocenters. The van der Waals surface area contributed by atoms with E-state index in [0.29, 0.717) is 0 Å². The largest absolute Gasteiger partial charge is 0.453 e. The summed E-state index contributed by atoms with van der Waals surface area (Å²) in [6, 6.07) is 81.5. The molecule has 298 valence electrons. The van der Waals surface area contributed by atoms with Crippen LogP contribution in [-0.4, -0.2) is 13.7 Å². The molecule has 0 fully saturated rings. The Balaban J connectivity index is 0.917. The number of benzene rings is 10. The van der Waals surface area contributed by atoms with Gasteiger partial charge in [0.25, 0.3) is 0 Å². The number of para-hydroxylation sites is 5. The van der Waals surface area contributed by atoms with Crippen LogP contribution in [0, 0.1) is 0 Å². The zero-order valence-electron chi connectivity index (χ0n) is 34.6. The Morgan fingerprint density at radius 3 is 1.34 bits per heavy atom. The van der Waals surface area contributed by atoms with Crippen molar-refractivity contribution < 1.29 is 4.74 Å². The second kappa shape index (κ2) is 13.4. The molecule has 14 rings (SSSR count). The summed E-state index contributed by atoms with van der Waals surface area (Å²) in [5, 5.41) is 7.35. The molecule has 0 unspecified atom stereocenters. The number of hydrogen-bond acceptors (Lipinski definition) is 1. The molecule has 64 heavy (non-hydrogen) atoms. The van der Waals surface area contributed by atoms with Crippen molar-refractivity contribution in [1.29, 1.82) is 0 Å². The smallest absolute Gasteiger partial charge is 0.152 e. The zero-order valence-corrected chi connectivity index (χ0v) is 34.6. The first-order chi connectivity index (χ1) is 31.7. The molecule has 4 heteroatoms. The van der Waals surface area contributed by atoms with Crippen LogP contribution in [0.25, 0.3) is 116 Å². The first-order valence-corrected chi connectivity index (χ1v) is 21.9. The predicted molar refractivity (Wildman–Crippen MR) is 266 cm³/mol. The Morgan fingerprint density at radius 2 is 0.688 bits per heavy atom. The molecule has 0 bridgehead atoms. The van der Waals surface area contributed by atoms with Crippen molar-refractivity contribution in [1.82, 2.24) is 13.7 Å². The van der Waals surface area contributed by atoms with E-state index in [4.69, 9.17) is 4.74 Å². The van der Waals surface area contributed by atoms with E-state index in [2.05, 4.69) is 232 Å². The molecule has 0 spiro atoms. The highest BCUT2D eigenvalue weighted by molar-refractivity contribution is 6.15. The number of ether oxygens (including phenoxy) is 1. The van der Waals surface area contributed by atoms with Gasteiger partial charge in [0.1, 0.15) is 0 Å². The number of fused-ring (bicyclic) bond motifs is 11. The molecule has 1 aliphatic rings. The summed E-state index contributed by atoms with van der Waals surface area (Å²) in [6.07, 6.45) is 0. The van der Waals surface area contributed by atoms with Gasteiger partial charge in [-0.05, 0) is 130 Å². The SMILES string of the molecule is c1ccc(-c2ccc3c(c2)c2cc(-c4ccc5c(c4)c4ccccc4n5-c4ccccc4)ccc2n3-c2ccc(-c3cc4c5c(c3)c3ccccc3n5-c3ccccc3O4)cc2)cc1. The molecule has 0 saturated heterocycles. The van der Waals surface area contributed by atoms with Gasteiger partial charge in [0.15, 0.2) is 11.5 Å². The monoisotopic (exact) mass is 815 g/mol. The summed E-state index contributed by atoms with van der Waals surface area (Å²) in [7, 11) is 0. The average molecular weight is 816 g/mol. The van der Waals surface area contributed by atoms with E-state index in [-0.39, 0.29) is 0 Å². The van der Waals surface area contributed by atoms with Gasteiger partial charge in [0, 0.05) is 43.7 Å². The van der Waals surface area contributed by atoms with E-state index in [1.165, 1.54) is 82.2 Å². The summed E-state index contributed by atoms with van der Waals surface area (Å²) in [6.45, 7) is 0. The van der Waals surface area contributed by atoms with Gasteiger partial charge >= 0.3 is 0 Å². The minimum absolute atomic E-state index is 0.867. The minimum atomic E-state index is 0.867. The topological polar surface area (TPSA) is 24.0 Å². The molecule has 3 aromatic heterocycles. The van der Waals surface area contributed by atoms with Crippen molar-refractivity contribution in [3.8, 4) is 61.9 Å². The lowest BCUT2D eigenvalue weighted by Gasteiger charge is -2.21. The molecule has 1 aliphatic heterocycles. The highest BCUT2D eigenvalue weighted by Gasteiger charge is 2.25. The zero-order chi connectivity index (χ0) is 41.9. The van der Waals surface area contributed by atoms with Gasteiger partial charge in [-0.15, -0.1) is 0 Å². The quantitative estimate of drug-likeness (QED) is 0.170. The fourth-order valence-electron chi connectivity index (χ4n) is 10.5. The summed E-state index contributed by atoms with van der Waals surface area (Å²) in [4.78, 5) is 0. The van der Waals surface area contributed by atoms with Crippen molar-refractivity contribution in [3.05, 3.63) is 224 Å². The van der Waals surface area contributed by atoms with Crippen LogP contribution >= 0.6 is 0 Å². The molecule has 0 saturated carbocycles. The van der Waals surface area contributed by atoms with Crippen molar-refractivity contribution >= 4 is 65.4 Å². The first-order valence-electron chi connectivity index (χ1n) is 21.9. The van der Waals surface area contributed by atoms with Crippen molar-refractivity contribution in [2.45, 2.75) is 0 Å². The predicted octanol–water partition coefficient (Wildman–Crippen LogP) is 16.1. The summed E-state index contributed by atoms with van der Waals surface area (Å²) in [5.74, 6) is 1.74. The van der Waals surface area contributed by atoms with Crippen LogP contribution in [0.15, 0.2) is 224 Å². The summed E-state index contributed by atoms with van der Waals surface area (Å²) >= 11 is 0. The molecule has 0 N–H and O–H groups in total. The van der Waals surface area contributed by atoms with Crippen LogP contribution in [0.1, 0.15) is 0 Å². The van der Waals surface area contributed by atoms with Crippen LogP contribution in [0.5, 0.6) is 11.5 Å². The van der Waals surface area contributed by atoms with Crippen LogP contribution < -0.4 is 4.74 Å². The Bertz CT molecular complexity index is 4020. The van der Waals surface area contributed by atoms with E-state index < -0.39 is 0 Å². The molecule has 13 aromatic rings. The molecular weight excluding hydrogens is 779 g/mol. The maximum Gasteiger partial charge on any atom is 0.152 e. The Labute approximate surface area is 368 Å². The number of hydrogen-bond donors (Lipinski definition) is 0.